The summed E-state index contributed by atoms with van der Waals surface area (Å²) in [5, 5.41) is 3.38. The maximum absolute atomic E-state index is 5.89. The van der Waals surface area contributed by atoms with Crippen LogP contribution in [0.1, 0.15) is 37.0 Å². The van der Waals surface area contributed by atoms with Crippen LogP contribution in [-0.4, -0.2) is 32.9 Å². The van der Waals surface area contributed by atoms with E-state index in [1.165, 1.54) is 11.1 Å². The molecule has 1 fully saturated rings. The lowest BCUT2D eigenvalue weighted by Gasteiger charge is -2.29. The Balaban J connectivity index is 2.00. The number of fused-ring (bicyclic) bond motifs is 1. The van der Waals surface area contributed by atoms with E-state index in [0.29, 0.717) is 19.1 Å². The van der Waals surface area contributed by atoms with Gasteiger partial charge in [0.25, 0.3) is 0 Å². The Bertz CT molecular complexity index is 453. The SMILES string of the molecule is CC(C)c1cc2c(cc1C1CNCCO1)OCCO2. The third kappa shape index (κ3) is 2.55. The highest BCUT2D eigenvalue weighted by Crippen LogP contribution is 2.39. The third-order valence-electron chi connectivity index (χ3n) is 3.64. The molecule has 2 heterocycles. The van der Waals surface area contributed by atoms with E-state index in [0.717, 1.165) is 31.2 Å². The molecule has 2 aliphatic rings. The number of rotatable bonds is 2. The van der Waals surface area contributed by atoms with Crippen LogP contribution in [0.5, 0.6) is 11.5 Å². The van der Waals surface area contributed by atoms with Gasteiger partial charge in [0.05, 0.1) is 12.7 Å². The van der Waals surface area contributed by atoms with E-state index < -0.39 is 0 Å². The molecule has 0 amide bonds. The van der Waals surface area contributed by atoms with Gasteiger partial charge in [0.2, 0.25) is 0 Å². The van der Waals surface area contributed by atoms with Crippen LogP contribution in [0.15, 0.2) is 12.1 Å². The maximum atomic E-state index is 5.89. The quantitative estimate of drug-likeness (QED) is 0.888. The molecule has 0 radical (unpaired) electrons. The van der Waals surface area contributed by atoms with Gasteiger partial charge in [0.1, 0.15) is 13.2 Å². The molecule has 0 bridgehead atoms. The van der Waals surface area contributed by atoms with Gasteiger partial charge >= 0.3 is 0 Å². The molecule has 3 rings (SSSR count). The van der Waals surface area contributed by atoms with Crippen molar-refractivity contribution in [3.8, 4) is 11.5 Å². The van der Waals surface area contributed by atoms with Crippen LogP contribution in [0, 0.1) is 0 Å². The normalized spacial score (nSPS) is 22.6. The molecule has 1 N–H and O–H groups in total. The second-order valence-corrected chi connectivity index (χ2v) is 5.34. The van der Waals surface area contributed by atoms with Crippen molar-refractivity contribution in [1.29, 1.82) is 0 Å². The standard InChI is InChI=1S/C15H21NO3/c1-10(2)11-7-13-14(19-6-5-18-13)8-12(11)15-9-16-3-4-17-15/h7-8,10,15-16H,3-6,9H2,1-2H3. The summed E-state index contributed by atoms with van der Waals surface area (Å²) in [6.45, 7) is 8.20. The molecule has 1 aromatic rings. The molecule has 19 heavy (non-hydrogen) atoms. The topological polar surface area (TPSA) is 39.7 Å². The number of nitrogens with one attached hydrogen (secondary N) is 1. The molecule has 0 aromatic heterocycles. The van der Waals surface area contributed by atoms with Gasteiger partial charge < -0.3 is 19.5 Å². The Morgan fingerprint density at radius 2 is 1.84 bits per heavy atom. The Kier molecular flexibility index (Phi) is 3.62. The highest BCUT2D eigenvalue weighted by atomic mass is 16.6. The minimum absolute atomic E-state index is 0.113. The van der Waals surface area contributed by atoms with Crippen molar-refractivity contribution >= 4 is 0 Å². The lowest BCUT2D eigenvalue weighted by atomic mass is 9.92. The zero-order valence-corrected chi connectivity index (χ0v) is 11.6. The first-order chi connectivity index (χ1) is 9.25. The van der Waals surface area contributed by atoms with Crippen molar-refractivity contribution < 1.29 is 14.2 Å². The van der Waals surface area contributed by atoms with E-state index in [-0.39, 0.29) is 6.10 Å². The van der Waals surface area contributed by atoms with Crippen molar-refractivity contribution in [1.82, 2.24) is 5.32 Å². The fourth-order valence-corrected chi connectivity index (χ4v) is 2.66. The van der Waals surface area contributed by atoms with Crippen LogP contribution in [0.25, 0.3) is 0 Å². The number of ether oxygens (including phenoxy) is 3. The molecule has 0 spiro atoms. The van der Waals surface area contributed by atoms with Crippen LogP contribution in [0.3, 0.4) is 0 Å². The van der Waals surface area contributed by atoms with Crippen molar-refractivity contribution in [2.45, 2.75) is 25.9 Å². The third-order valence-corrected chi connectivity index (χ3v) is 3.64. The molecule has 0 saturated carbocycles. The second-order valence-electron chi connectivity index (χ2n) is 5.34. The summed E-state index contributed by atoms with van der Waals surface area (Å²) in [4.78, 5) is 0. The smallest absolute Gasteiger partial charge is 0.161 e. The van der Waals surface area contributed by atoms with Gasteiger partial charge in [0, 0.05) is 13.1 Å². The summed E-state index contributed by atoms with van der Waals surface area (Å²) in [7, 11) is 0. The van der Waals surface area contributed by atoms with E-state index in [9.17, 15) is 0 Å². The summed E-state index contributed by atoms with van der Waals surface area (Å²) in [6, 6.07) is 4.22. The summed E-state index contributed by atoms with van der Waals surface area (Å²) in [6.07, 6.45) is 0.113. The highest BCUT2D eigenvalue weighted by molar-refractivity contribution is 5.50. The first-order valence-corrected chi connectivity index (χ1v) is 7.01. The monoisotopic (exact) mass is 263 g/mol. The van der Waals surface area contributed by atoms with Crippen LogP contribution in [0.2, 0.25) is 0 Å². The Labute approximate surface area is 114 Å². The van der Waals surface area contributed by atoms with Crippen LogP contribution < -0.4 is 14.8 Å². The van der Waals surface area contributed by atoms with Gasteiger partial charge in [-0.1, -0.05) is 13.8 Å². The highest BCUT2D eigenvalue weighted by Gasteiger charge is 2.24. The van der Waals surface area contributed by atoms with E-state index >= 15 is 0 Å². The number of hydrogen-bond acceptors (Lipinski definition) is 4. The summed E-state index contributed by atoms with van der Waals surface area (Å²) in [5.74, 6) is 2.15. The molecule has 1 aromatic carbocycles. The van der Waals surface area contributed by atoms with Crippen molar-refractivity contribution in [2.24, 2.45) is 0 Å². The molecular formula is C15H21NO3. The first-order valence-electron chi connectivity index (χ1n) is 7.01. The Morgan fingerprint density at radius 3 is 2.47 bits per heavy atom. The Morgan fingerprint density at radius 1 is 1.11 bits per heavy atom. The molecule has 0 aliphatic carbocycles. The van der Waals surface area contributed by atoms with Crippen molar-refractivity contribution in [2.75, 3.05) is 32.9 Å². The van der Waals surface area contributed by atoms with Gasteiger partial charge in [-0.25, -0.2) is 0 Å². The predicted octanol–water partition coefficient (Wildman–Crippen LogP) is 2.24. The van der Waals surface area contributed by atoms with Crippen molar-refractivity contribution in [3.63, 3.8) is 0 Å². The number of morpholine rings is 1. The predicted molar refractivity (Wildman–Crippen MR) is 73.1 cm³/mol. The fourth-order valence-electron chi connectivity index (χ4n) is 2.66. The summed E-state index contributed by atoms with van der Waals surface area (Å²) < 4.78 is 17.3. The van der Waals surface area contributed by atoms with Crippen molar-refractivity contribution in [3.05, 3.63) is 23.3 Å². The van der Waals surface area contributed by atoms with Gasteiger partial charge in [-0.15, -0.1) is 0 Å². The van der Waals surface area contributed by atoms with Gasteiger partial charge in [-0.3, -0.25) is 0 Å². The molecule has 1 saturated heterocycles. The van der Waals surface area contributed by atoms with Crippen LogP contribution >= 0.6 is 0 Å². The lowest BCUT2D eigenvalue weighted by Crippen LogP contribution is -2.34. The van der Waals surface area contributed by atoms with Gasteiger partial charge in [-0.05, 0) is 29.2 Å². The van der Waals surface area contributed by atoms with E-state index in [2.05, 4.69) is 31.3 Å². The first kappa shape index (κ1) is 12.8. The van der Waals surface area contributed by atoms with Gasteiger partial charge in [-0.2, -0.15) is 0 Å². The average Bonchev–Trinajstić information content (AvgIpc) is 2.46. The zero-order chi connectivity index (χ0) is 13.2. The minimum Gasteiger partial charge on any atom is -0.486 e. The molecule has 2 aliphatic heterocycles. The summed E-state index contributed by atoms with van der Waals surface area (Å²) in [5.41, 5.74) is 2.52. The molecular weight excluding hydrogens is 242 g/mol. The minimum atomic E-state index is 0.113. The number of hydrogen-bond donors (Lipinski definition) is 1. The lowest BCUT2D eigenvalue weighted by molar-refractivity contribution is 0.0267. The second kappa shape index (κ2) is 5.39. The number of benzene rings is 1. The van der Waals surface area contributed by atoms with Crippen LogP contribution in [-0.2, 0) is 4.74 Å². The van der Waals surface area contributed by atoms with E-state index in [1.54, 1.807) is 0 Å². The molecule has 104 valence electrons. The van der Waals surface area contributed by atoms with Gasteiger partial charge in [0.15, 0.2) is 11.5 Å². The molecule has 1 unspecified atom stereocenters. The molecule has 1 atom stereocenters. The fraction of sp³-hybridized carbons (Fsp3) is 0.600. The molecule has 4 nitrogen and oxygen atoms in total. The largest absolute Gasteiger partial charge is 0.486 e. The summed E-state index contributed by atoms with van der Waals surface area (Å²) >= 11 is 0. The average molecular weight is 263 g/mol. The maximum Gasteiger partial charge on any atom is 0.161 e. The molecule has 4 heteroatoms. The zero-order valence-electron chi connectivity index (χ0n) is 11.6. The Hall–Kier alpha value is -1.26. The van der Waals surface area contributed by atoms with E-state index in [4.69, 9.17) is 14.2 Å². The van der Waals surface area contributed by atoms with E-state index in [1.807, 2.05) is 0 Å². The van der Waals surface area contributed by atoms with Crippen LogP contribution in [0.4, 0.5) is 0 Å².